The van der Waals surface area contributed by atoms with E-state index in [9.17, 15) is 14.9 Å². The highest BCUT2D eigenvalue weighted by Crippen LogP contribution is 2.45. The summed E-state index contributed by atoms with van der Waals surface area (Å²) in [6.07, 6.45) is 1.15. The number of hydrogen-bond donors (Lipinski definition) is 1. The Morgan fingerprint density at radius 3 is 2.72 bits per heavy atom. The third kappa shape index (κ3) is 1.42. The summed E-state index contributed by atoms with van der Waals surface area (Å²) in [5.41, 5.74) is 0.813. The predicted molar refractivity (Wildman–Crippen MR) is 63.5 cm³/mol. The van der Waals surface area contributed by atoms with Crippen molar-refractivity contribution in [3.8, 4) is 0 Å². The molecule has 1 aromatic rings. The SMILES string of the molecule is O=C1Nc2ccc([N+](=O)[O-])cc2C12CCOCC2. The smallest absolute Gasteiger partial charge is 0.269 e. The molecule has 94 valence electrons. The molecule has 0 bridgehead atoms. The van der Waals surface area contributed by atoms with E-state index in [1.54, 1.807) is 6.07 Å². The number of anilines is 1. The van der Waals surface area contributed by atoms with Gasteiger partial charge in [0.15, 0.2) is 0 Å². The largest absolute Gasteiger partial charge is 0.381 e. The van der Waals surface area contributed by atoms with Gasteiger partial charge in [0.2, 0.25) is 5.91 Å². The third-order valence-corrected chi connectivity index (χ3v) is 3.76. The molecule has 2 heterocycles. The molecule has 0 radical (unpaired) electrons. The van der Waals surface area contributed by atoms with E-state index >= 15 is 0 Å². The summed E-state index contributed by atoms with van der Waals surface area (Å²) in [6, 6.07) is 4.53. The first-order chi connectivity index (χ1) is 8.63. The van der Waals surface area contributed by atoms with Crippen LogP contribution in [0.25, 0.3) is 0 Å². The van der Waals surface area contributed by atoms with E-state index in [0.29, 0.717) is 31.7 Å². The lowest BCUT2D eigenvalue weighted by molar-refractivity contribution is -0.384. The Labute approximate surface area is 103 Å². The van der Waals surface area contributed by atoms with E-state index in [1.807, 2.05) is 0 Å². The Balaban J connectivity index is 2.12. The van der Waals surface area contributed by atoms with Crippen LogP contribution in [0.4, 0.5) is 11.4 Å². The highest BCUT2D eigenvalue weighted by atomic mass is 16.6. The summed E-state index contributed by atoms with van der Waals surface area (Å²) >= 11 is 0. The quantitative estimate of drug-likeness (QED) is 0.604. The molecule has 1 amide bonds. The molecule has 2 aliphatic rings. The van der Waals surface area contributed by atoms with Gasteiger partial charge < -0.3 is 10.1 Å². The molecule has 6 heteroatoms. The summed E-state index contributed by atoms with van der Waals surface area (Å²) in [4.78, 5) is 22.5. The summed E-state index contributed by atoms with van der Waals surface area (Å²) in [6.45, 7) is 1.02. The first-order valence-electron chi connectivity index (χ1n) is 5.82. The molecule has 2 aliphatic heterocycles. The maximum Gasteiger partial charge on any atom is 0.269 e. The van der Waals surface area contributed by atoms with E-state index in [2.05, 4.69) is 5.32 Å². The van der Waals surface area contributed by atoms with Gasteiger partial charge >= 0.3 is 0 Å². The molecule has 0 atom stereocenters. The number of rotatable bonds is 1. The van der Waals surface area contributed by atoms with Crippen molar-refractivity contribution in [2.24, 2.45) is 0 Å². The zero-order valence-corrected chi connectivity index (χ0v) is 9.64. The van der Waals surface area contributed by atoms with E-state index < -0.39 is 10.3 Å². The van der Waals surface area contributed by atoms with Crippen molar-refractivity contribution in [3.05, 3.63) is 33.9 Å². The minimum atomic E-state index is -0.639. The summed E-state index contributed by atoms with van der Waals surface area (Å²) < 4.78 is 5.28. The number of nitrogens with one attached hydrogen (secondary N) is 1. The van der Waals surface area contributed by atoms with Gasteiger partial charge in [-0.25, -0.2) is 0 Å². The van der Waals surface area contributed by atoms with Crippen molar-refractivity contribution in [3.63, 3.8) is 0 Å². The monoisotopic (exact) mass is 248 g/mol. The molecule has 1 aromatic carbocycles. The van der Waals surface area contributed by atoms with Gasteiger partial charge in [-0.15, -0.1) is 0 Å². The average Bonchev–Trinajstić information content (AvgIpc) is 2.63. The molecular formula is C12H12N2O4. The number of ether oxygens (including phenoxy) is 1. The lowest BCUT2D eigenvalue weighted by Crippen LogP contribution is -2.39. The number of hydrogen-bond acceptors (Lipinski definition) is 4. The highest BCUT2D eigenvalue weighted by Gasteiger charge is 2.48. The molecule has 1 N–H and O–H groups in total. The highest BCUT2D eigenvalue weighted by molar-refractivity contribution is 6.06. The van der Waals surface area contributed by atoms with Crippen LogP contribution in [0.15, 0.2) is 18.2 Å². The maximum absolute atomic E-state index is 12.2. The molecular weight excluding hydrogens is 236 g/mol. The zero-order valence-electron chi connectivity index (χ0n) is 9.64. The fraction of sp³-hybridized carbons (Fsp3) is 0.417. The normalized spacial score (nSPS) is 20.6. The predicted octanol–water partition coefficient (Wildman–Crippen LogP) is 1.60. The maximum atomic E-state index is 12.2. The van der Waals surface area contributed by atoms with Crippen LogP contribution in [-0.4, -0.2) is 24.0 Å². The van der Waals surface area contributed by atoms with Crippen LogP contribution in [0.5, 0.6) is 0 Å². The molecule has 0 unspecified atom stereocenters. The molecule has 0 aliphatic carbocycles. The second-order valence-electron chi connectivity index (χ2n) is 4.64. The fourth-order valence-electron chi connectivity index (χ4n) is 2.73. The Kier molecular flexibility index (Phi) is 2.34. The number of amides is 1. The first-order valence-corrected chi connectivity index (χ1v) is 5.82. The zero-order chi connectivity index (χ0) is 12.8. The van der Waals surface area contributed by atoms with Crippen LogP contribution in [0.3, 0.4) is 0 Å². The van der Waals surface area contributed by atoms with Crippen molar-refractivity contribution < 1.29 is 14.5 Å². The molecule has 0 saturated carbocycles. The third-order valence-electron chi connectivity index (χ3n) is 3.76. The average molecular weight is 248 g/mol. The molecule has 1 fully saturated rings. The molecule has 0 aromatic heterocycles. The molecule has 1 spiro atoms. The van der Waals surface area contributed by atoms with Gasteiger partial charge in [-0.05, 0) is 24.5 Å². The van der Waals surface area contributed by atoms with E-state index in [4.69, 9.17) is 4.74 Å². The Hall–Kier alpha value is -1.95. The van der Waals surface area contributed by atoms with E-state index in [1.165, 1.54) is 12.1 Å². The van der Waals surface area contributed by atoms with Crippen molar-refractivity contribution in [2.45, 2.75) is 18.3 Å². The number of non-ortho nitro benzene ring substituents is 1. The number of carbonyl (C=O) groups excluding carboxylic acids is 1. The number of carbonyl (C=O) groups is 1. The van der Waals surface area contributed by atoms with Crippen molar-refractivity contribution in [1.82, 2.24) is 0 Å². The van der Waals surface area contributed by atoms with Gasteiger partial charge in [-0.2, -0.15) is 0 Å². The number of nitrogens with zero attached hydrogens (tertiary/aromatic N) is 1. The standard InChI is InChI=1S/C12H12N2O4/c15-11-12(3-5-18-6-4-12)9-7-8(14(16)17)1-2-10(9)13-11/h1-2,7H,3-6H2,(H,13,15). The van der Waals surface area contributed by atoms with Crippen LogP contribution in [0.1, 0.15) is 18.4 Å². The molecule has 18 heavy (non-hydrogen) atoms. The second kappa shape index (κ2) is 3.78. The van der Waals surface area contributed by atoms with Gasteiger partial charge in [0, 0.05) is 31.0 Å². The van der Waals surface area contributed by atoms with Crippen molar-refractivity contribution >= 4 is 17.3 Å². The summed E-state index contributed by atoms with van der Waals surface area (Å²) in [5, 5.41) is 13.6. The van der Waals surface area contributed by atoms with Crippen LogP contribution < -0.4 is 5.32 Å². The van der Waals surface area contributed by atoms with Gasteiger partial charge in [-0.1, -0.05) is 0 Å². The van der Waals surface area contributed by atoms with E-state index in [0.717, 1.165) is 5.56 Å². The minimum Gasteiger partial charge on any atom is -0.381 e. The number of nitro benzene ring substituents is 1. The Morgan fingerprint density at radius 1 is 1.33 bits per heavy atom. The summed E-state index contributed by atoms with van der Waals surface area (Å²) in [5.74, 6) is -0.0682. The lowest BCUT2D eigenvalue weighted by Gasteiger charge is -2.31. The first kappa shape index (κ1) is 11.2. The Morgan fingerprint density at radius 2 is 2.06 bits per heavy atom. The molecule has 3 rings (SSSR count). The molecule has 1 saturated heterocycles. The van der Waals surface area contributed by atoms with Gasteiger partial charge in [0.1, 0.15) is 0 Å². The van der Waals surface area contributed by atoms with Crippen molar-refractivity contribution in [2.75, 3.05) is 18.5 Å². The second-order valence-corrected chi connectivity index (χ2v) is 4.64. The van der Waals surface area contributed by atoms with Gasteiger partial charge in [-0.3, -0.25) is 14.9 Å². The van der Waals surface area contributed by atoms with Crippen LogP contribution in [-0.2, 0) is 14.9 Å². The van der Waals surface area contributed by atoms with Crippen LogP contribution >= 0.6 is 0 Å². The lowest BCUT2D eigenvalue weighted by atomic mass is 9.75. The van der Waals surface area contributed by atoms with Crippen LogP contribution in [0.2, 0.25) is 0 Å². The van der Waals surface area contributed by atoms with Crippen molar-refractivity contribution in [1.29, 1.82) is 0 Å². The topological polar surface area (TPSA) is 81.5 Å². The van der Waals surface area contributed by atoms with Gasteiger partial charge in [0.05, 0.1) is 10.3 Å². The number of fused-ring (bicyclic) bond motifs is 2. The fourth-order valence-corrected chi connectivity index (χ4v) is 2.73. The number of benzene rings is 1. The van der Waals surface area contributed by atoms with E-state index in [-0.39, 0.29) is 11.6 Å². The summed E-state index contributed by atoms with van der Waals surface area (Å²) in [7, 11) is 0. The molecule has 6 nitrogen and oxygen atoms in total. The minimum absolute atomic E-state index is 0.0242. The van der Waals surface area contributed by atoms with Gasteiger partial charge in [0.25, 0.3) is 5.69 Å². The van der Waals surface area contributed by atoms with Crippen LogP contribution in [0, 0.1) is 10.1 Å². The Bertz CT molecular complexity index is 535. The number of nitro groups is 1.